The van der Waals surface area contributed by atoms with Crippen molar-refractivity contribution in [2.45, 2.75) is 19.4 Å². The molecule has 0 unspecified atom stereocenters. The van der Waals surface area contributed by atoms with E-state index in [1.165, 1.54) is 0 Å². The zero-order valence-electron chi connectivity index (χ0n) is 11.0. The summed E-state index contributed by atoms with van der Waals surface area (Å²) < 4.78 is 5.29. The summed E-state index contributed by atoms with van der Waals surface area (Å²) in [4.78, 5) is 13.6. The second-order valence-electron chi connectivity index (χ2n) is 4.71. The first-order valence-corrected chi connectivity index (χ1v) is 6.45. The summed E-state index contributed by atoms with van der Waals surface area (Å²) in [6, 6.07) is 9.73. The molecule has 2 N–H and O–H groups in total. The van der Waals surface area contributed by atoms with Gasteiger partial charge in [0.25, 0.3) is 0 Å². The zero-order chi connectivity index (χ0) is 12.8. The minimum atomic E-state index is -0.214. The maximum atomic E-state index is 11.8. The van der Waals surface area contributed by atoms with E-state index in [1.807, 2.05) is 30.3 Å². The Kier molecular flexibility index (Phi) is 6.67. The molecular weight excluding hydrogens is 264 g/mol. The fourth-order valence-electron chi connectivity index (χ4n) is 2.16. The van der Waals surface area contributed by atoms with Gasteiger partial charge in [-0.15, -0.1) is 12.4 Å². The van der Waals surface area contributed by atoms with E-state index in [4.69, 9.17) is 10.5 Å². The molecule has 0 saturated carbocycles. The van der Waals surface area contributed by atoms with Crippen molar-refractivity contribution in [1.29, 1.82) is 0 Å². The van der Waals surface area contributed by atoms with Gasteiger partial charge in [-0.05, 0) is 30.9 Å². The van der Waals surface area contributed by atoms with E-state index < -0.39 is 0 Å². The summed E-state index contributed by atoms with van der Waals surface area (Å²) in [5.74, 6) is 0.558. The first kappa shape index (κ1) is 15.8. The summed E-state index contributed by atoms with van der Waals surface area (Å²) in [6.45, 7) is 2.58. The standard InChI is InChI=1S/C14H20N2O2.ClH/c15-10-12-6-8-16(9-7-12)14(17)18-11-13-4-2-1-3-5-13;/h1-5,12H,6-11,15H2;1H. The van der Waals surface area contributed by atoms with Crippen LogP contribution in [0.5, 0.6) is 0 Å². The Morgan fingerprint density at radius 3 is 2.47 bits per heavy atom. The minimum Gasteiger partial charge on any atom is -0.445 e. The van der Waals surface area contributed by atoms with Crippen molar-refractivity contribution >= 4 is 18.5 Å². The molecule has 1 aliphatic rings. The summed E-state index contributed by atoms with van der Waals surface area (Å²) in [6.07, 6.45) is 1.75. The number of halogens is 1. The van der Waals surface area contributed by atoms with Crippen molar-refractivity contribution in [3.63, 3.8) is 0 Å². The summed E-state index contributed by atoms with van der Waals surface area (Å²) in [5, 5.41) is 0. The molecule has 2 rings (SSSR count). The van der Waals surface area contributed by atoms with E-state index in [2.05, 4.69) is 0 Å². The van der Waals surface area contributed by atoms with Crippen LogP contribution in [0.1, 0.15) is 18.4 Å². The van der Waals surface area contributed by atoms with E-state index in [0.717, 1.165) is 31.5 Å². The van der Waals surface area contributed by atoms with Gasteiger partial charge in [0.2, 0.25) is 0 Å². The van der Waals surface area contributed by atoms with Gasteiger partial charge < -0.3 is 15.4 Å². The Balaban J connectivity index is 0.00000180. The van der Waals surface area contributed by atoms with Gasteiger partial charge in [-0.3, -0.25) is 0 Å². The highest BCUT2D eigenvalue weighted by Crippen LogP contribution is 2.16. The largest absolute Gasteiger partial charge is 0.445 e. The highest BCUT2D eigenvalue weighted by molar-refractivity contribution is 5.85. The summed E-state index contributed by atoms with van der Waals surface area (Å²) >= 11 is 0. The van der Waals surface area contributed by atoms with Gasteiger partial charge in [0, 0.05) is 13.1 Å². The van der Waals surface area contributed by atoms with E-state index in [9.17, 15) is 4.79 Å². The lowest BCUT2D eigenvalue weighted by Crippen LogP contribution is -2.40. The van der Waals surface area contributed by atoms with Crippen molar-refractivity contribution in [3.8, 4) is 0 Å². The first-order chi connectivity index (χ1) is 8.79. The lowest BCUT2D eigenvalue weighted by Gasteiger charge is -2.30. The quantitative estimate of drug-likeness (QED) is 0.927. The van der Waals surface area contributed by atoms with E-state index in [-0.39, 0.29) is 18.5 Å². The highest BCUT2D eigenvalue weighted by Gasteiger charge is 2.22. The molecule has 106 valence electrons. The van der Waals surface area contributed by atoms with Crippen LogP contribution in [-0.2, 0) is 11.3 Å². The van der Waals surface area contributed by atoms with Crippen LogP contribution >= 0.6 is 12.4 Å². The summed E-state index contributed by atoms with van der Waals surface area (Å²) in [7, 11) is 0. The molecule has 0 atom stereocenters. The van der Waals surface area contributed by atoms with Crippen LogP contribution in [0.15, 0.2) is 30.3 Å². The van der Waals surface area contributed by atoms with Gasteiger partial charge in [-0.25, -0.2) is 4.79 Å². The van der Waals surface area contributed by atoms with Crippen LogP contribution in [0.25, 0.3) is 0 Å². The number of piperidine rings is 1. The van der Waals surface area contributed by atoms with E-state index >= 15 is 0 Å². The normalized spacial score (nSPS) is 15.7. The molecule has 0 spiro atoms. The molecular formula is C14H21ClN2O2. The van der Waals surface area contributed by atoms with Crippen LogP contribution in [-0.4, -0.2) is 30.6 Å². The number of ether oxygens (including phenoxy) is 1. The average molecular weight is 285 g/mol. The van der Waals surface area contributed by atoms with Crippen molar-refractivity contribution in [2.24, 2.45) is 11.7 Å². The van der Waals surface area contributed by atoms with Gasteiger partial charge in [-0.1, -0.05) is 30.3 Å². The number of hydrogen-bond acceptors (Lipinski definition) is 3. The molecule has 19 heavy (non-hydrogen) atoms. The van der Waals surface area contributed by atoms with Gasteiger partial charge in [0.1, 0.15) is 6.61 Å². The smallest absolute Gasteiger partial charge is 0.410 e. The molecule has 4 nitrogen and oxygen atoms in total. The maximum absolute atomic E-state index is 11.8. The molecule has 0 bridgehead atoms. The molecule has 1 amide bonds. The number of rotatable bonds is 3. The predicted octanol–water partition coefficient (Wildman–Crippen LogP) is 2.42. The predicted molar refractivity (Wildman–Crippen MR) is 77.2 cm³/mol. The third kappa shape index (κ3) is 4.73. The molecule has 1 saturated heterocycles. The molecule has 0 radical (unpaired) electrons. The number of carbonyl (C=O) groups is 1. The Morgan fingerprint density at radius 2 is 1.89 bits per heavy atom. The van der Waals surface area contributed by atoms with Crippen LogP contribution in [0.2, 0.25) is 0 Å². The maximum Gasteiger partial charge on any atom is 0.410 e. The van der Waals surface area contributed by atoms with Crippen molar-refractivity contribution in [1.82, 2.24) is 4.90 Å². The SMILES string of the molecule is Cl.NCC1CCN(C(=O)OCc2ccccc2)CC1. The first-order valence-electron chi connectivity index (χ1n) is 6.45. The highest BCUT2D eigenvalue weighted by atomic mass is 35.5. The third-order valence-electron chi connectivity index (χ3n) is 3.41. The van der Waals surface area contributed by atoms with Gasteiger partial charge >= 0.3 is 6.09 Å². The molecule has 1 aromatic carbocycles. The van der Waals surface area contributed by atoms with Crippen molar-refractivity contribution in [2.75, 3.05) is 19.6 Å². The average Bonchev–Trinajstić information content (AvgIpc) is 2.46. The number of nitrogens with two attached hydrogens (primary N) is 1. The lowest BCUT2D eigenvalue weighted by molar-refractivity contribution is 0.0829. The summed E-state index contributed by atoms with van der Waals surface area (Å²) in [5.41, 5.74) is 6.64. The molecule has 1 heterocycles. The topological polar surface area (TPSA) is 55.6 Å². The molecule has 1 fully saturated rings. The van der Waals surface area contributed by atoms with Gasteiger partial charge in [0.15, 0.2) is 0 Å². The second-order valence-corrected chi connectivity index (χ2v) is 4.71. The molecule has 0 aliphatic carbocycles. The number of hydrogen-bond donors (Lipinski definition) is 1. The minimum absolute atomic E-state index is 0. The van der Waals surface area contributed by atoms with E-state index in [1.54, 1.807) is 4.90 Å². The van der Waals surface area contributed by atoms with Crippen LogP contribution in [0, 0.1) is 5.92 Å². The Bertz CT molecular complexity index is 378. The Labute approximate surface area is 120 Å². The number of benzene rings is 1. The van der Waals surface area contributed by atoms with Crippen molar-refractivity contribution < 1.29 is 9.53 Å². The Morgan fingerprint density at radius 1 is 1.26 bits per heavy atom. The van der Waals surface area contributed by atoms with E-state index in [0.29, 0.717) is 19.1 Å². The number of carbonyl (C=O) groups excluding carboxylic acids is 1. The fraction of sp³-hybridized carbons (Fsp3) is 0.500. The molecule has 1 aliphatic heterocycles. The third-order valence-corrected chi connectivity index (χ3v) is 3.41. The zero-order valence-corrected chi connectivity index (χ0v) is 11.8. The molecule has 1 aromatic rings. The van der Waals surface area contributed by atoms with Gasteiger partial charge in [-0.2, -0.15) is 0 Å². The fourth-order valence-corrected chi connectivity index (χ4v) is 2.16. The Hall–Kier alpha value is -1.26. The number of amides is 1. The molecule has 0 aromatic heterocycles. The number of likely N-dealkylation sites (tertiary alicyclic amines) is 1. The van der Waals surface area contributed by atoms with Gasteiger partial charge in [0.05, 0.1) is 0 Å². The van der Waals surface area contributed by atoms with Crippen LogP contribution < -0.4 is 5.73 Å². The molecule has 5 heteroatoms. The van der Waals surface area contributed by atoms with Crippen molar-refractivity contribution in [3.05, 3.63) is 35.9 Å². The second kappa shape index (κ2) is 8.02. The van der Waals surface area contributed by atoms with Crippen LogP contribution in [0.3, 0.4) is 0 Å². The monoisotopic (exact) mass is 284 g/mol. The lowest BCUT2D eigenvalue weighted by atomic mass is 9.97. The number of nitrogens with zero attached hydrogens (tertiary/aromatic N) is 1. The van der Waals surface area contributed by atoms with Crippen LogP contribution in [0.4, 0.5) is 4.79 Å².